The standard InChI is InChI=1S/C23H44N4O5S/c1-8-14(5)18(22(30)27-19(23(31)32)15(6)9-2)26-21(29)17(10-11-33-7)25-20(28)16(24)12-13(3)4/h13-19H,8-12,24H2,1-7H3,(H,25,28)(H,26,29)(H,27,30)(H,31,32). The summed E-state index contributed by atoms with van der Waals surface area (Å²) in [6.45, 7) is 11.2. The van der Waals surface area contributed by atoms with Gasteiger partial charge in [-0.25, -0.2) is 4.79 Å². The normalized spacial score (nSPS) is 16.8. The Morgan fingerprint density at radius 2 is 1.36 bits per heavy atom. The molecule has 0 bridgehead atoms. The minimum absolute atomic E-state index is 0.232. The number of carboxylic acids is 1. The molecule has 9 nitrogen and oxygen atoms in total. The van der Waals surface area contributed by atoms with Crippen LogP contribution in [0.5, 0.6) is 0 Å². The van der Waals surface area contributed by atoms with Crippen LogP contribution in [0.25, 0.3) is 0 Å². The van der Waals surface area contributed by atoms with Crippen molar-refractivity contribution < 1.29 is 24.3 Å². The van der Waals surface area contributed by atoms with Crippen LogP contribution < -0.4 is 21.7 Å². The summed E-state index contributed by atoms with van der Waals surface area (Å²) in [7, 11) is 0. The van der Waals surface area contributed by atoms with E-state index < -0.39 is 47.9 Å². The van der Waals surface area contributed by atoms with E-state index in [-0.39, 0.29) is 17.8 Å². The monoisotopic (exact) mass is 488 g/mol. The Labute approximate surface area is 202 Å². The first kappa shape index (κ1) is 31.2. The van der Waals surface area contributed by atoms with Crippen LogP contribution >= 0.6 is 11.8 Å². The van der Waals surface area contributed by atoms with Crippen LogP contribution in [0.3, 0.4) is 0 Å². The molecule has 0 aliphatic rings. The highest BCUT2D eigenvalue weighted by molar-refractivity contribution is 7.98. The molecule has 0 spiro atoms. The third-order valence-electron chi connectivity index (χ3n) is 5.88. The Hall–Kier alpha value is -1.81. The van der Waals surface area contributed by atoms with Crippen molar-refractivity contribution in [2.24, 2.45) is 23.5 Å². The molecule has 6 unspecified atom stereocenters. The van der Waals surface area contributed by atoms with Crippen molar-refractivity contribution in [1.29, 1.82) is 0 Å². The lowest BCUT2D eigenvalue weighted by molar-refractivity contribution is -0.144. The third kappa shape index (κ3) is 11.2. The fourth-order valence-electron chi connectivity index (χ4n) is 3.28. The van der Waals surface area contributed by atoms with Crippen LogP contribution in [-0.2, 0) is 19.2 Å². The lowest BCUT2D eigenvalue weighted by atomic mass is 9.95. The summed E-state index contributed by atoms with van der Waals surface area (Å²) in [6.07, 6.45) is 3.95. The van der Waals surface area contributed by atoms with Crippen molar-refractivity contribution in [3.63, 3.8) is 0 Å². The van der Waals surface area contributed by atoms with Crippen molar-refractivity contribution in [1.82, 2.24) is 16.0 Å². The first-order valence-corrected chi connectivity index (χ1v) is 13.2. The topological polar surface area (TPSA) is 151 Å². The Balaban J connectivity index is 5.55. The minimum atomic E-state index is -1.11. The van der Waals surface area contributed by atoms with Crippen LogP contribution in [0.2, 0.25) is 0 Å². The zero-order valence-electron chi connectivity index (χ0n) is 21.1. The van der Waals surface area contributed by atoms with Crippen molar-refractivity contribution in [3.8, 4) is 0 Å². The second-order valence-electron chi connectivity index (χ2n) is 9.16. The Morgan fingerprint density at radius 3 is 1.82 bits per heavy atom. The smallest absolute Gasteiger partial charge is 0.326 e. The summed E-state index contributed by atoms with van der Waals surface area (Å²) in [5.41, 5.74) is 5.97. The summed E-state index contributed by atoms with van der Waals surface area (Å²) >= 11 is 1.54. The first-order chi connectivity index (χ1) is 15.4. The van der Waals surface area contributed by atoms with Gasteiger partial charge >= 0.3 is 5.97 Å². The van der Waals surface area contributed by atoms with Crippen LogP contribution in [0, 0.1) is 17.8 Å². The van der Waals surface area contributed by atoms with Crippen molar-refractivity contribution in [3.05, 3.63) is 0 Å². The zero-order chi connectivity index (χ0) is 25.7. The molecule has 0 saturated heterocycles. The molecule has 0 aromatic heterocycles. The number of nitrogens with one attached hydrogen (secondary N) is 3. The quantitative estimate of drug-likeness (QED) is 0.222. The molecule has 0 radical (unpaired) electrons. The predicted molar refractivity (Wildman–Crippen MR) is 133 cm³/mol. The molecule has 0 aromatic rings. The van der Waals surface area contributed by atoms with E-state index in [0.717, 1.165) is 0 Å². The molecule has 33 heavy (non-hydrogen) atoms. The van der Waals surface area contributed by atoms with E-state index in [1.165, 1.54) is 11.8 Å². The first-order valence-electron chi connectivity index (χ1n) is 11.8. The van der Waals surface area contributed by atoms with Gasteiger partial charge in [-0.15, -0.1) is 0 Å². The lowest BCUT2D eigenvalue weighted by Gasteiger charge is -2.29. The lowest BCUT2D eigenvalue weighted by Crippen LogP contribution is -2.59. The van der Waals surface area contributed by atoms with E-state index in [1.807, 2.05) is 40.9 Å². The maximum Gasteiger partial charge on any atom is 0.326 e. The molecule has 0 fully saturated rings. The van der Waals surface area contributed by atoms with Crippen LogP contribution in [0.4, 0.5) is 0 Å². The maximum absolute atomic E-state index is 13.1. The molecule has 192 valence electrons. The van der Waals surface area contributed by atoms with E-state index in [9.17, 15) is 24.3 Å². The fourth-order valence-corrected chi connectivity index (χ4v) is 3.75. The van der Waals surface area contributed by atoms with Gasteiger partial charge in [-0.1, -0.05) is 54.4 Å². The molecule has 6 atom stereocenters. The van der Waals surface area contributed by atoms with E-state index in [4.69, 9.17) is 5.73 Å². The van der Waals surface area contributed by atoms with E-state index in [2.05, 4.69) is 16.0 Å². The number of carbonyl (C=O) groups excluding carboxylic acids is 3. The number of hydrogen-bond donors (Lipinski definition) is 5. The van der Waals surface area contributed by atoms with Gasteiger partial charge in [0.2, 0.25) is 17.7 Å². The molecule has 6 N–H and O–H groups in total. The highest BCUT2D eigenvalue weighted by Gasteiger charge is 2.33. The number of carbonyl (C=O) groups is 4. The average Bonchev–Trinajstić information content (AvgIpc) is 2.76. The molecule has 0 rings (SSSR count). The highest BCUT2D eigenvalue weighted by Crippen LogP contribution is 2.13. The van der Waals surface area contributed by atoms with Crippen molar-refractivity contribution in [2.45, 2.75) is 91.4 Å². The van der Waals surface area contributed by atoms with E-state index in [1.54, 1.807) is 6.92 Å². The Bertz CT molecular complexity index is 646. The van der Waals surface area contributed by atoms with Crippen LogP contribution in [-0.4, -0.2) is 65.0 Å². The van der Waals surface area contributed by atoms with Gasteiger partial charge in [0.1, 0.15) is 18.1 Å². The SMILES string of the molecule is CCC(C)C(NC(=O)C(NC(=O)C(CCSC)NC(=O)C(N)CC(C)C)C(C)CC)C(=O)O. The summed E-state index contributed by atoms with van der Waals surface area (Å²) < 4.78 is 0. The summed E-state index contributed by atoms with van der Waals surface area (Å²) in [6, 6.07) is -3.54. The molecule has 0 heterocycles. The summed E-state index contributed by atoms with van der Waals surface area (Å²) in [5.74, 6) is -2.19. The Kier molecular flexibility index (Phi) is 15.1. The molecule has 0 saturated carbocycles. The largest absolute Gasteiger partial charge is 0.480 e. The number of carboxylic acid groups (broad SMARTS) is 1. The van der Waals surface area contributed by atoms with Gasteiger partial charge in [-0.2, -0.15) is 11.8 Å². The van der Waals surface area contributed by atoms with E-state index >= 15 is 0 Å². The summed E-state index contributed by atoms with van der Waals surface area (Å²) in [4.78, 5) is 50.3. The minimum Gasteiger partial charge on any atom is -0.480 e. The van der Waals surface area contributed by atoms with Gasteiger partial charge < -0.3 is 26.8 Å². The van der Waals surface area contributed by atoms with Crippen molar-refractivity contribution >= 4 is 35.5 Å². The molecule has 0 aliphatic heterocycles. The van der Waals surface area contributed by atoms with Gasteiger partial charge in [-0.05, 0) is 42.6 Å². The predicted octanol–water partition coefficient (Wildman–Crippen LogP) is 1.74. The van der Waals surface area contributed by atoms with Crippen LogP contribution in [0.15, 0.2) is 0 Å². The molecule has 10 heteroatoms. The van der Waals surface area contributed by atoms with Gasteiger partial charge in [0.05, 0.1) is 6.04 Å². The maximum atomic E-state index is 13.1. The number of nitrogens with two attached hydrogens (primary N) is 1. The molecule has 0 aliphatic carbocycles. The van der Waals surface area contributed by atoms with Gasteiger partial charge in [0, 0.05) is 0 Å². The number of amides is 3. The third-order valence-corrected chi connectivity index (χ3v) is 6.52. The zero-order valence-corrected chi connectivity index (χ0v) is 22.0. The molecule has 0 aromatic carbocycles. The Morgan fingerprint density at radius 1 is 0.848 bits per heavy atom. The summed E-state index contributed by atoms with van der Waals surface area (Å²) in [5, 5.41) is 17.6. The molecular formula is C23H44N4O5S. The molecule has 3 amide bonds. The second kappa shape index (κ2) is 15.9. The number of rotatable bonds is 16. The number of hydrogen-bond acceptors (Lipinski definition) is 6. The van der Waals surface area contributed by atoms with Gasteiger partial charge in [0.15, 0.2) is 0 Å². The highest BCUT2D eigenvalue weighted by atomic mass is 32.2. The van der Waals surface area contributed by atoms with Gasteiger partial charge in [-0.3, -0.25) is 14.4 Å². The van der Waals surface area contributed by atoms with Gasteiger partial charge in [0.25, 0.3) is 0 Å². The van der Waals surface area contributed by atoms with E-state index in [0.29, 0.717) is 31.4 Å². The number of thioether (sulfide) groups is 1. The average molecular weight is 489 g/mol. The number of aliphatic carboxylic acids is 1. The second-order valence-corrected chi connectivity index (χ2v) is 10.1. The molecular weight excluding hydrogens is 444 g/mol. The van der Waals surface area contributed by atoms with Crippen molar-refractivity contribution in [2.75, 3.05) is 12.0 Å². The van der Waals surface area contributed by atoms with Crippen LogP contribution in [0.1, 0.15) is 67.2 Å². The fraction of sp³-hybridized carbons (Fsp3) is 0.826.